The predicted molar refractivity (Wildman–Crippen MR) is 134 cm³/mol. The van der Waals surface area contributed by atoms with Crippen molar-refractivity contribution >= 4 is 46.7 Å². The number of hydrogen-bond acceptors (Lipinski definition) is 11. The maximum atomic E-state index is 12.2. The number of aromatic hydroxyl groups is 1. The third-order valence-electron chi connectivity index (χ3n) is 5.77. The lowest BCUT2D eigenvalue weighted by atomic mass is 10.1. The highest BCUT2D eigenvalue weighted by Crippen LogP contribution is 2.33. The average Bonchev–Trinajstić information content (AvgIpc) is 3.42. The molecular weight excluding hydrogens is 504 g/mol. The van der Waals surface area contributed by atoms with Gasteiger partial charge in [0.2, 0.25) is 5.91 Å². The molecule has 0 spiro atoms. The first kappa shape index (κ1) is 26.3. The number of rotatable bonds is 10. The number of carbonyl (C=O) groups excluding carboxylic acids is 1. The molecule has 0 saturated carbocycles. The number of aliphatic hydroxyl groups is 2. The van der Waals surface area contributed by atoms with Gasteiger partial charge in [0.25, 0.3) is 0 Å². The summed E-state index contributed by atoms with van der Waals surface area (Å²) in [5.74, 6) is -0.833. The molecule has 0 radical (unpaired) electrons. The number of phenolic OH excluding ortho intramolecular Hbond substituents is 1. The number of nitrogens with two attached hydrogens (primary N) is 1. The van der Waals surface area contributed by atoms with Gasteiger partial charge in [-0.25, -0.2) is 19.7 Å². The highest BCUT2D eigenvalue weighted by Gasteiger charge is 2.44. The summed E-state index contributed by atoms with van der Waals surface area (Å²) < 4.78 is 7.35. The van der Waals surface area contributed by atoms with E-state index in [0.717, 1.165) is 0 Å². The van der Waals surface area contributed by atoms with Gasteiger partial charge >= 0.3 is 5.97 Å². The number of phenols is 1. The molecule has 1 amide bonds. The summed E-state index contributed by atoms with van der Waals surface area (Å²) in [6, 6.07) is 5.07. The van der Waals surface area contributed by atoms with Gasteiger partial charge in [-0.1, -0.05) is 12.1 Å². The second-order valence-electron chi connectivity index (χ2n) is 8.32. The van der Waals surface area contributed by atoms with Gasteiger partial charge < -0.3 is 36.2 Å². The Kier molecular flexibility index (Phi) is 8.23. The van der Waals surface area contributed by atoms with Gasteiger partial charge in [-0.2, -0.15) is 11.8 Å². The summed E-state index contributed by atoms with van der Waals surface area (Å²) in [6.07, 6.45) is 1.43. The third-order valence-corrected chi connectivity index (χ3v) is 6.85. The molecule has 196 valence electrons. The lowest BCUT2D eigenvalue weighted by Gasteiger charge is -2.16. The van der Waals surface area contributed by atoms with Crippen LogP contribution in [0.25, 0.3) is 17.2 Å². The molecule has 37 heavy (non-hydrogen) atoms. The van der Waals surface area contributed by atoms with Crippen molar-refractivity contribution in [3.05, 3.63) is 48.6 Å². The topological polar surface area (TPSA) is 206 Å². The number of nitrogens with zero attached hydrogens (tertiary/aromatic N) is 4. The summed E-state index contributed by atoms with van der Waals surface area (Å²) in [7, 11) is 0. The Balaban J connectivity index is 1.27. The van der Waals surface area contributed by atoms with Gasteiger partial charge in [0, 0.05) is 11.8 Å². The van der Waals surface area contributed by atoms with Crippen molar-refractivity contribution in [2.45, 2.75) is 37.0 Å². The third kappa shape index (κ3) is 6.17. The number of benzene rings is 1. The van der Waals surface area contributed by atoms with Crippen molar-refractivity contribution in [2.75, 3.05) is 17.2 Å². The zero-order valence-electron chi connectivity index (χ0n) is 19.4. The van der Waals surface area contributed by atoms with Gasteiger partial charge in [-0.15, -0.1) is 0 Å². The van der Waals surface area contributed by atoms with Gasteiger partial charge in [0.1, 0.15) is 35.8 Å². The molecule has 1 fully saturated rings. The Hall–Kier alpha value is -3.72. The molecule has 13 nitrogen and oxygen atoms in total. The van der Waals surface area contributed by atoms with Gasteiger partial charge in [0.05, 0.1) is 12.4 Å². The number of hydrogen-bond donors (Lipinski definition) is 6. The number of amides is 1. The number of aliphatic hydroxyl groups excluding tert-OH is 2. The maximum Gasteiger partial charge on any atom is 0.326 e. The van der Waals surface area contributed by atoms with E-state index in [1.165, 1.54) is 53.3 Å². The van der Waals surface area contributed by atoms with Crippen LogP contribution in [0.3, 0.4) is 0 Å². The zero-order chi connectivity index (χ0) is 26.5. The number of carbonyl (C=O) groups is 2. The van der Waals surface area contributed by atoms with Crippen LogP contribution in [-0.2, 0) is 14.3 Å². The molecule has 2 aromatic heterocycles. The number of carboxylic acids is 1. The fourth-order valence-corrected chi connectivity index (χ4v) is 4.87. The molecule has 0 aliphatic carbocycles. The Bertz CT molecular complexity index is 1280. The van der Waals surface area contributed by atoms with Crippen molar-refractivity contribution in [3.8, 4) is 5.75 Å². The summed E-state index contributed by atoms with van der Waals surface area (Å²) in [4.78, 5) is 35.9. The monoisotopic (exact) mass is 530 g/mol. The Morgan fingerprint density at radius 2 is 1.95 bits per heavy atom. The van der Waals surface area contributed by atoms with Crippen molar-refractivity contribution < 1.29 is 34.8 Å². The van der Waals surface area contributed by atoms with Crippen LogP contribution in [-0.4, -0.2) is 87.7 Å². The van der Waals surface area contributed by atoms with E-state index in [9.17, 15) is 30.0 Å². The molecule has 7 N–H and O–H groups in total. The number of ether oxygens (including phenoxy) is 1. The van der Waals surface area contributed by atoms with Crippen LogP contribution < -0.4 is 11.1 Å². The van der Waals surface area contributed by atoms with Crippen molar-refractivity contribution in [1.29, 1.82) is 0 Å². The van der Waals surface area contributed by atoms with Crippen LogP contribution in [0.4, 0.5) is 5.82 Å². The molecule has 3 heterocycles. The number of fused-ring (bicyclic) bond motifs is 1. The first-order valence-electron chi connectivity index (χ1n) is 11.3. The smallest absolute Gasteiger partial charge is 0.326 e. The maximum absolute atomic E-state index is 12.2. The fraction of sp³-hybridized carbons (Fsp3) is 0.348. The highest BCUT2D eigenvalue weighted by atomic mass is 32.2. The number of anilines is 1. The minimum absolute atomic E-state index is 0.0977. The van der Waals surface area contributed by atoms with Crippen LogP contribution in [0.2, 0.25) is 0 Å². The van der Waals surface area contributed by atoms with E-state index in [1.54, 1.807) is 12.1 Å². The summed E-state index contributed by atoms with van der Waals surface area (Å²) in [6.45, 7) is 0. The number of nitrogens with one attached hydrogen (secondary N) is 1. The second-order valence-corrected chi connectivity index (χ2v) is 9.47. The molecule has 5 atom stereocenters. The normalized spacial score (nSPS) is 22.4. The van der Waals surface area contributed by atoms with Crippen LogP contribution >= 0.6 is 11.8 Å². The van der Waals surface area contributed by atoms with Crippen LogP contribution in [0.5, 0.6) is 5.75 Å². The molecule has 1 aromatic carbocycles. The quantitative estimate of drug-likeness (QED) is 0.153. The SMILES string of the molecule is Nc1ncnc2c1ncn2[C@@H]1O[C@H](CSCC[C@H](NC(=O)/C=C/c2ccc(O)cc2)C(=O)O)[C@@H](O)[C@H]1O. The standard InChI is InChI=1S/C23H26N6O7S/c24-20-17-21(26-10-25-20)29(11-27-17)22-19(33)18(32)15(36-22)9-37-8-7-14(23(34)35)28-16(31)6-3-12-1-4-13(30)5-2-12/h1-6,10-11,14-15,18-19,22,30,32-33H,7-9H2,(H,28,31)(H,34,35)(H2,24,25,26)/b6-3+/t14-,15+,18+,19+,22+/m0/s1. The number of imidazole rings is 1. The molecule has 1 aliphatic rings. The van der Waals surface area contributed by atoms with E-state index < -0.39 is 42.5 Å². The molecule has 1 saturated heterocycles. The van der Waals surface area contributed by atoms with Crippen LogP contribution in [0, 0.1) is 0 Å². The van der Waals surface area contributed by atoms with E-state index in [-0.39, 0.29) is 23.7 Å². The largest absolute Gasteiger partial charge is 0.508 e. The molecule has 0 bridgehead atoms. The van der Waals surface area contributed by atoms with Gasteiger partial charge in [-0.3, -0.25) is 9.36 Å². The Morgan fingerprint density at radius 3 is 2.68 bits per heavy atom. The Labute approximate surface area is 215 Å². The van der Waals surface area contributed by atoms with Crippen molar-refractivity contribution in [3.63, 3.8) is 0 Å². The summed E-state index contributed by atoms with van der Waals surface area (Å²) in [5, 5.41) is 42.2. The number of carboxylic acid groups (broad SMARTS) is 1. The average molecular weight is 531 g/mol. The van der Waals surface area contributed by atoms with E-state index in [1.807, 2.05) is 0 Å². The molecule has 14 heteroatoms. The molecular formula is C23H26N6O7S. The number of thioether (sulfide) groups is 1. The van der Waals surface area contributed by atoms with Crippen molar-refractivity contribution in [1.82, 2.24) is 24.8 Å². The van der Waals surface area contributed by atoms with Crippen LogP contribution in [0.1, 0.15) is 18.2 Å². The lowest BCUT2D eigenvalue weighted by Crippen LogP contribution is -2.40. The predicted octanol–water partition coefficient (Wildman–Crippen LogP) is 0.139. The molecule has 3 aromatic rings. The van der Waals surface area contributed by atoms with Crippen LogP contribution in [0.15, 0.2) is 43.0 Å². The highest BCUT2D eigenvalue weighted by molar-refractivity contribution is 7.99. The van der Waals surface area contributed by atoms with Gasteiger partial charge in [0.15, 0.2) is 17.7 Å². The molecule has 4 rings (SSSR count). The van der Waals surface area contributed by atoms with E-state index >= 15 is 0 Å². The minimum atomic E-state index is -1.24. The van der Waals surface area contributed by atoms with E-state index in [2.05, 4.69) is 20.3 Å². The minimum Gasteiger partial charge on any atom is -0.508 e. The molecule has 0 unspecified atom stereocenters. The van der Waals surface area contributed by atoms with Gasteiger partial charge in [-0.05, 0) is 35.9 Å². The summed E-state index contributed by atoms with van der Waals surface area (Å²) >= 11 is 1.32. The fourth-order valence-electron chi connectivity index (χ4n) is 3.79. The number of aromatic nitrogens is 4. The Morgan fingerprint density at radius 1 is 1.19 bits per heavy atom. The number of aliphatic carboxylic acids is 1. The zero-order valence-corrected chi connectivity index (χ0v) is 20.2. The molecule has 1 aliphatic heterocycles. The first-order valence-corrected chi connectivity index (χ1v) is 12.4. The first-order chi connectivity index (χ1) is 17.7. The summed E-state index contributed by atoms with van der Waals surface area (Å²) in [5.41, 5.74) is 7.18. The van der Waals surface area contributed by atoms with Crippen molar-refractivity contribution in [2.24, 2.45) is 0 Å². The number of nitrogen functional groups attached to an aromatic ring is 1. The van der Waals surface area contributed by atoms with E-state index in [4.69, 9.17) is 10.5 Å². The lowest BCUT2D eigenvalue weighted by molar-refractivity contribution is -0.141. The van der Waals surface area contributed by atoms with E-state index in [0.29, 0.717) is 22.5 Å². The second kappa shape index (κ2) is 11.6.